The summed E-state index contributed by atoms with van der Waals surface area (Å²) in [6.45, 7) is 3.68. The molecule has 0 saturated heterocycles. The molecule has 2 N–H and O–H groups in total. The van der Waals surface area contributed by atoms with E-state index in [-0.39, 0.29) is 5.91 Å². The first kappa shape index (κ1) is 19.2. The zero-order valence-electron chi connectivity index (χ0n) is 15.1. The molecule has 0 saturated carbocycles. The normalized spacial score (nSPS) is 10.7. The highest BCUT2D eigenvalue weighted by atomic mass is 16.2. The van der Waals surface area contributed by atoms with Gasteiger partial charge in [-0.3, -0.25) is 9.59 Å². The number of hydrogen-bond donors (Lipinski definition) is 2. The average Bonchev–Trinajstić information content (AvgIpc) is 2.66. The van der Waals surface area contributed by atoms with Gasteiger partial charge in [0.2, 0.25) is 11.8 Å². The highest BCUT2D eigenvalue weighted by molar-refractivity contribution is 6.09. The van der Waals surface area contributed by atoms with Crippen molar-refractivity contribution in [1.29, 1.82) is 5.26 Å². The van der Waals surface area contributed by atoms with E-state index in [1.807, 2.05) is 24.3 Å². The van der Waals surface area contributed by atoms with E-state index in [2.05, 4.69) is 22.8 Å². The molecule has 0 spiro atoms. The molecule has 0 bridgehead atoms. The summed E-state index contributed by atoms with van der Waals surface area (Å²) in [5.74, 6) is -0.729. The van der Waals surface area contributed by atoms with E-state index in [0.717, 1.165) is 12.8 Å². The van der Waals surface area contributed by atoms with Crippen LogP contribution in [0.3, 0.4) is 0 Å². The van der Waals surface area contributed by atoms with Crippen molar-refractivity contribution in [2.24, 2.45) is 5.41 Å². The Balaban J connectivity index is 1.85. The van der Waals surface area contributed by atoms with Gasteiger partial charge in [0.1, 0.15) is 5.41 Å². The molecule has 2 aromatic carbocycles. The molecule has 0 unspecified atom stereocenters. The van der Waals surface area contributed by atoms with Crippen molar-refractivity contribution in [3.8, 4) is 6.07 Å². The lowest BCUT2D eigenvalue weighted by Gasteiger charge is -2.22. The number of carbonyl (C=O) groups is 2. The molecule has 0 atom stereocenters. The van der Waals surface area contributed by atoms with Gasteiger partial charge < -0.3 is 10.6 Å². The Labute approximate surface area is 154 Å². The molecule has 0 aliphatic carbocycles. The third kappa shape index (κ3) is 5.18. The molecular formula is C21H23N3O2. The maximum atomic E-state index is 12.5. The average molecular weight is 349 g/mol. The maximum Gasteiger partial charge on any atom is 0.239 e. The highest BCUT2D eigenvalue weighted by Crippen LogP contribution is 2.19. The van der Waals surface area contributed by atoms with Gasteiger partial charge in [-0.2, -0.15) is 5.26 Å². The van der Waals surface area contributed by atoms with E-state index >= 15 is 0 Å². The number of anilines is 1. The lowest BCUT2D eigenvalue weighted by atomic mass is 9.90. The molecule has 5 nitrogen and oxygen atoms in total. The number of nitrogens with zero attached hydrogens (tertiary/aromatic N) is 1. The molecule has 2 rings (SSSR count). The summed E-state index contributed by atoms with van der Waals surface area (Å²) in [6, 6.07) is 18.7. The van der Waals surface area contributed by atoms with Gasteiger partial charge in [-0.05, 0) is 50.5 Å². The zero-order valence-corrected chi connectivity index (χ0v) is 15.1. The fourth-order valence-electron chi connectivity index (χ4n) is 2.42. The summed E-state index contributed by atoms with van der Waals surface area (Å²) in [5.41, 5.74) is 0.955. The van der Waals surface area contributed by atoms with E-state index in [9.17, 15) is 9.59 Å². The maximum absolute atomic E-state index is 12.5. The van der Waals surface area contributed by atoms with Gasteiger partial charge in [-0.1, -0.05) is 36.4 Å². The minimum atomic E-state index is -1.21. The van der Waals surface area contributed by atoms with Crippen LogP contribution in [0, 0.1) is 16.7 Å². The number of amides is 2. The Kier molecular flexibility index (Phi) is 6.51. The molecule has 2 aromatic rings. The molecule has 0 fully saturated rings. The number of rotatable bonds is 7. The van der Waals surface area contributed by atoms with Crippen molar-refractivity contribution >= 4 is 17.5 Å². The van der Waals surface area contributed by atoms with Crippen LogP contribution in [0.2, 0.25) is 0 Å². The van der Waals surface area contributed by atoms with Crippen LogP contribution in [-0.2, 0) is 16.0 Å². The quantitative estimate of drug-likeness (QED) is 0.594. The van der Waals surface area contributed by atoms with Gasteiger partial charge in [0.15, 0.2) is 0 Å². The number of carbonyl (C=O) groups excluding carboxylic acids is 2. The molecule has 5 heteroatoms. The van der Waals surface area contributed by atoms with E-state index in [1.165, 1.54) is 5.56 Å². The van der Waals surface area contributed by atoms with E-state index < -0.39 is 11.3 Å². The van der Waals surface area contributed by atoms with Crippen LogP contribution in [0.4, 0.5) is 5.69 Å². The van der Waals surface area contributed by atoms with E-state index in [4.69, 9.17) is 5.26 Å². The summed E-state index contributed by atoms with van der Waals surface area (Å²) in [4.78, 5) is 24.9. The Morgan fingerprint density at radius 1 is 1.04 bits per heavy atom. The third-order valence-electron chi connectivity index (χ3n) is 4.16. The smallest absolute Gasteiger partial charge is 0.239 e. The molecular weight excluding hydrogens is 326 g/mol. The van der Waals surface area contributed by atoms with Gasteiger partial charge in [-0.15, -0.1) is 0 Å². The number of aryl methyl sites for hydroxylation is 1. The molecule has 2 amide bonds. The zero-order chi connectivity index (χ0) is 19.0. The first-order valence-corrected chi connectivity index (χ1v) is 8.57. The van der Waals surface area contributed by atoms with Crippen LogP contribution in [0.25, 0.3) is 0 Å². The second-order valence-corrected chi connectivity index (χ2v) is 6.62. The largest absolute Gasteiger partial charge is 0.355 e. The summed E-state index contributed by atoms with van der Waals surface area (Å²) in [5, 5.41) is 14.5. The molecule has 0 aromatic heterocycles. The topological polar surface area (TPSA) is 82.0 Å². The van der Waals surface area contributed by atoms with Crippen molar-refractivity contribution in [2.45, 2.75) is 26.7 Å². The number of nitriles is 1. The van der Waals surface area contributed by atoms with Gasteiger partial charge in [0.05, 0.1) is 11.6 Å². The summed E-state index contributed by atoms with van der Waals surface area (Å²) in [6.07, 6.45) is 1.67. The predicted molar refractivity (Wildman–Crippen MR) is 101 cm³/mol. The Morgan fingerprint density at radius 2 is 1.77 bits per heavy atom. The summed E-state index contributed by atoms with van der Waals surface area (Å²) < 4.78 is 0. The standard InChI is InChI=1S/C21H23N3O2/c1-21(2,20(26)24-18-12-6-10-17(14-18)15-22)19(25)23-13-7-11-16-8-4-3-5-9-16/h3-6,8-10,12,14H,7,11,13H2,1-2H3,(H,23,25)(H,24,26). The molecule has 0 heterocycles. The summed E-state index contributed by atoms with van der Waals surface area (Å²) >= 11 is 0. The minimum absolute atomic E-state index is 0.320. The predicted octanol–water partition coefficient (Wildman–Crippen LogP) is 3.27. The van der Waals surface area contributed by atoms with Crippen LogP contribution in [0.15, 0.2) is 54.6 Å². The van der Waals surface area contributed by atoms with E-state index in [1.54, 1.807) is 38.1 Å². The summed E-state index contributed by atoms with van der Waals surface area (Å²) in [7, 11) is 0. The molecule has 134 valence electrons. The molecule has 0 aliphatic heterocycles. The van der Waals surface area contributed by atoms with Crippen LogP contribution in [0.1, 0.15) is 31.4 Å². The number of benzene rings is 2. The highest BCUT2D eigenvalue weighted by Gasteiger charge is 2.35. The van der Waals surface area contributed by atoms with Crippen LogP contribution in [-0.4, -0.2) is 18.4 Å². The van der Waals surface area contributed by atoms with Crippen molar-refractivity contribution in [2.75, 3.05) is 11.9 Å². The van der Waals surface area contributed by atoms with Crippen LogP contribution >= 0.6 is 0 Å². The SMILES string of the molecule is CC(C)(C(=O)NCCCc1ccccc1)C(=O)Nc1cccc(C#N)c1. The lowest BCUT2D eigenvalue weighted by molar-refractivity contribution is -0.138. The third-order valence-corrected chi connectivity index (χ3v) is 4.16. The first-order chi connectivity index (χ1) is 12.4. The fourth-order valence-corrected chi connectivity index (χ4v) is 2.42. The first-order valence-electron chi connectivity index (χ1n) is 8.57. The van der Waals surface area contributed by atoms with Gasteiger partial charge in [0.25, 0.3) is 0 Å². The minimum Gasteiger partial charge on any atom is -0.355 e. The Hall–Kier alpha value is -3.13. The van der Waals surface area contributed by atoms with Crippen molar-refractivity contribution in [1.82, 2.24) is 5.32 Å². The van der Waals surface area contributed by atoms with Crippen LogP contribution in [0.5, 0.6) is 0 Å². The number of hydrogen-bond acceptors (Lipinski definition) is 3. The molecule has 26 heavy (non-hydrogen) atoms. The molecule has 0 aliphatic rings. The van der Waals surface area contributed by atoms with Gasteiger partial charge in [-0.25, -0.2) is 0 Å². The Morgan fingerprint density at radius 3 is 2.46 bits per heavy atom. The van der Waals surface area contributed by atoms with E-state index in [0.29, 0.717) is 17.8 Å². The van der Waals surface area contributed by atoms with Gasteiger partial charge in [0, 0.05) is 12.2 Å². The Bertz CT molecular complexity index is 808. The van der Waals surface area contributed by atoms with Crippen molar-refractivity contribution in [3.63, 3.8) is 0 Å². The molecule has 0 radical (unpaired) electrons. The fraction of sp³-hybridized carbons (Fsp3) is 0.286. The van der Waals surface area contributed by atoms with Crippen molar-refractivity contribution in [3.05, 3.63) is 65.7 Å². The van der Waals surface area contributed by atoms with Crippen molar-refractivity contribution < 1.29 is 9.59 Å². The van der Waals surface area contributed by atoms with Crippen LogP contribution < -0.4 is 10.6 Å². The number of nitrogens with one attached hydrogen (secondary N) is 2. The monoisotopic (exact) mass is 349 g/mol. The second-order valence-electron chi connectivity index (χ2n) is 6.62. The van der Waals surface area contributed by atoms with Gasteiger partial charge >= 0.3 is 0 Å². The lowest BCUT2D eigenvalue weighted by Crippen LogP contribution is -2.45. The second kappa shape index (κ2) is 8.82.